The third kappa shape index (κ3) is 2.67. The Morgan fingerprint density at radius 3 is 2.33 bits per heavy atom. The molecular weight excluding hydrogens is 206 g/mol. The molecule has 3 N–H and O–H groups in total. The summed E-state index contributed by atoms with van der Waals surface area (Å²) in [5.74, 6) is 0.284. The molecule has 0 radical (unpaired) electrons. The number of phenolic OH excluding ortho intramolecular Hbond substituents is 1. The van der Waals surface area contributed by atoms with Gasteiger partial charge in [0.05, 0.1) is 0 Å². The largest absolute Gasteiger partial charge is 0.508 e. The Morgan fingerprint density at radius 2 is 1.67 bits per heavy atom. The maximum atomic E-state index is 9.14. The minimum atomic E-state index is 0.284. The van der Waals surface area contributed by atoms with Gasteiger partial charge in [-0.2, -0.15) is 0 Å². The molecule has 0 saturated carbocycles. The smallest absolute Gasteiger partial charge is 0.115 e. The highest BCUT2D eigenvalue weighted by molar-refractivity contribution is 7.99. The van der Waals surface area contributed by atoms with Gasteiger partial charge >= 0.3 is 0 Å². The van der Waals surface area contributed by atoms with Gasteiger partial charge in [0.1, 0.15) is 5.75 Å². The summed E-state index contributed by atoms with van der Waals surface area (Å²) in [5, 5.41) is 9.14. The van der Waals surface area contributed by atoms with E-state index in [1.54, 1.807) is 23.9 Å². The zero-order valence-electron chi connectivity index (χ0n) is 8.05. The van der Waals surface area contributed by atoms with Crippen molar-refractivity contribution in [3.05, 3.63) is 48.5 Å². The van der Waals surface area contributed by atoms with Gasteiger partial charge in [-0.3, -0.25) is 0 Å². The number of anilines is 1. The van der Waals surface area contributed by atoms with E-state index in [0.717, 1.165) is 15.5 Å². The first-order valence-electron chi connectivity index (χ1n) is 4.56. The Labute approximate surface area is 92.7 Å². The van der Waals surface area contributed by atoms with Crippen LogP contribution in [-0.2, 0) is 0 Å². The maximum absolute atomic E-state index is 9.14. The maximum Gasteiger partial charge on any atom is 0.115 e. The summed E-state index contributed by atoms with van der Waals surface area (Å²) in [4.78, 5) is 2.18. The zero-order valence-corrected chi connectivity index (χ0v) is 8.87. The predicted molar refractivity (Wildman–Crippen MR) is 63.1 cm³/mol. The first-order chi connectivity index (χ1) is 7.24. The molecule has 0 amide bonds. The molecule has 0 aromatic heterocycles. The number of phenols is 1. The minimum absolute atomic E-state index is 0.284. The van der Waals surface area contributed by atoms with Crippen molar-refractivity contribution in [2.24, 2.45) is 0 Å². The Bertz CT molecular complexity index is 453. The molecule has 0 spiro atoms. The monoisotopic (exact) mass is 217 g/mol. The summed E-state index contributed by atoms with van der Waals surface area (Å²) >= 11 is 1.62. The van der Waals surface area contributed by atoms with Gasteiger partial charge in [-0.1, -0.05) is 17.8 Å². The fraction of sp³-hybridized carbons (Fsp3) is 0. The van der Waals surface area contributed by atoms with E-state index in [2.05, 4.69) is 0 Å². The molecular formula is C12H11NOS. The number of benzene rings is 2. The summed E-state index contributed by atoms with van der Waals surface area (Å²) in [6.45, 7) is 0. The lowest BCUT2D eigenvalue weighted by Crippen LogP contribution is -1.83. The quantitative estimate of drug-likeness (QED) is 0.760. The highest BCUT2D eigenvalue weighted by Gasteiger charge is 1.97. The van der Waals surface area contributed by atoms with Crippen LogP contribution in [0.25, 0.3) is 0 Å². The molecule has 0 aliphatic heterocycles. The summed E-state index contributed by atoms with van der Waals surface area (Å²) in [6.07, 6.45) is 0. The number of aromatic hydroxyl groups is 1. The predicted octanol–water partition coefficient (Wildman–Crippen LogP) is 3.13. The highest BCUT2D eigenvalue weighted by Crippen LogP contribution is 2.29. The molecule has 2 nitrogen and oxygen atoms in total. The standard InChI is InChI=1S/C12H11NOS/c13-9-2-1-3-12(8-9)15-11-6-4-10(14)5-7-11/h1-8,14H,13H2. The normalized spacial score (nSPS) is 10.1. The molecule has 0 fully saturated rings. The van der Waals surface area contributed by atoms with Crippen LogP contribution in [0.5, 0.6) is 5.75 Å². The van der Waals surface area contributed by atoms with Crippen LogP contribution in [0.3, 0.4) is 0 Å². The minimum Gasteiger partial charge on any atom is -0.508 e. The van der Waals surface area contributed by atoms with E-state index in [9.17, 15) is 0 Å². The van der Waals surface area contributed by atoms with Gasteiger partial charge in [0.15, 0.2) is 0 Å². The fourth-order valence-corrected chi connectivity index (χ4v) is 2.11. The van der Waals surface area contributed by atoms with Crippen LogP contribution in [0.15, 0.2) is 58.3 Å². The van der Waals surface area contributed by atoms with Crippen molar-refractivity contribution in [1.82, 2.24) is 0 Å². The average Bonchev–Trinajstić information content (AvgIpc) is 2.22. The molecule has 15 heavy (non-hydrogen) atoms. The van der Waals surface area contributed by atoms with Gasteiger partial charge < -0.3 is 10.8 Å². The van der Waals surface area contributed by atoms with E-state index < -0.39 is 0 Å². The lowest BCUT2D eigenvalue weighted by atomic mass is 10.3. The van der Waals surface area contributed by atoms with Crippen LogP contribution < -0.4 is 5.73 Å². The van der Waals surface area contributed by atoms with Gasteiger partial charge in [-0.05, 0) is 42.5 Å². The summed E-state index contributed by atoms with van der Waals surface area (Å²) in [7, 11) is 0. The second-order valence-corrected chi connectivity index (χ2v) is 4.32. The van der Waals surface area contributed by atoms with E-state index in [0.29, 0.717) is 0 Å². The van der Waals surface area contributed by atoms with Crippen LogP contribution in [-0.4, -0.2) is 5.11 Å². The second kappa shape index (κ2) is 4.28. The van der Waals surface area contributed by atoms with Crippen LogP contribution in [0.4, 0.5) is 5.69 Å². The number of rotatable bonds is 2. The lowest BCUT2D eigenvalue weighted by molar-refractivity contribution is 0.475. The van der Waals surface area contributed by atoms with E-state index in [1.165, 1.54) is 0 Å². The first-order valence-corrected chi connectivity index (χ1v) is 5.38. The van der Waals surface area contributed by atoms with Crippen molar-refractivity contribution in [2.75, 3.05) is 5.73 Å². The molecule has 0 aliphatic carbocycles. The summed E-state index contributed by atoms with van der Waals surface area (Å²) in [6, 6.07) is 14.8. The van der Waals surface area contributed by atoms with E-state index in [-0.39, 0.29) is 5.75 Å². The Balaban J connectivity index is 2.18. The molecule has 2 aromatic carbocycles. The van der Waals surface area contributed by atoms with Crippen molar-refractivity contribution < 1.29 is 5.11 Å². The Morgan fingerprint density at radius 1 is 0.933 bits per heavy atom. The van der Waals surface area contributed by atoms with Crippen LogP contribution >= 0.6 is 11.8 Å². The third-order valence-electron chi connectivity index (χ3n) is 1.93. The van der Waals surface area contributed by atoms with E-state index >= 15 is 0 Å². The van der Waals surface area contributed by atoms with E-state index in [1.807, 2.05) is 36.4 Å². The molecule has 2 rings (SSSR count). The van der Waals surface area contributed by atoms with Crippen LogP contribution in [0.2, 0.25) is 0 Å². The first kappa shape index (κ1) is 9.93. The molecule has 0 aliphatic rings. The van der Waals surface area contributed by atoms with Gasteiger partial charge in [0, 0.05) is 15.5 Å². The topological polar surface area (TPSA) is 46.2 Å². The SMILES string of the molecule is Nc1cccc(Sc2ccc(O)cc2)c1. The lowest BCUT2D eigenvalue weighted by Gasteiger charge is -2.02. The molecule has 0 saturated heterocycles. The number of nitrogens with two attached hydrogens (primary N) is 1. The molecule has 0 atom stereocenters. The van der Waals surface area contributed by atoms with Crippen molar-refractivity contribution in [1.29, 1.82) is 0 Å². The summed E-state index contributed by atoms with van der Waals surface area (Å²) < 4.78 is 0. The molecule has 3 heteroatoms. The highest BCUT2D eigenvalue weighted by atomic mass is 32.2. The molecule has 0 heterocycles. The van der Waals surface area contributed by atoms with Crippen molar-refractivity contribution >= 4 is 17.4 Å². The summed E-state index contributed by atoms with van der Waals surface area (Å²) in [5.41, 5.74) is 6.45. The van der Waals surface area contributed by atoms with Gasteiger partial charge in [0.2, 0.25) is 0 Å². The van der Waals surface area contributed by atoms with Gasteiger partial charge in [-0.15, -0.1) is 0 Å². The van der Waals surface area contributed by atoms with Gasteiger partial charge in [-0.25, -0.2) is 0 Å². The fourth-order valence-electron chi connectivity index (χ4n) is 1.23. The van der Waals surface area contributed by atoms with Gasteiger partial charge in [0.25, 0.3) is 0 Å². The third-order valence-corrected chi connectivity index (χ3v) is 2.93. The van der Waals surface area contributed by atoms with Crippen molar-refractivity contribution in [2.45, 2.75) is 9.79 Å². The van der Waals surface area contributed by atoms with Crippen LogP contribution in [0.1, 0.15) is 0 Å². The van der Waals surface area contributed by atoms with Crippen molar-refractivity contribution in [3.8, 4) is 5.75 Å². The van der Waals surface area contributed by atoms with Crippen molar-refractivity contribution in [3.63, 3.8) is 0 Å². The molecule has 76 valence electrons. The average molecular weight is 217 g/mol. The number of nitrogen functional groups attached to an aromatic ring is 1. The van der Waals surface area contributed by atoms with E-state index in [4.69, 9.17) is 10.8 Å². The Hall–Kier alpha value is -1.61. The molecule has 0 bridgehead atoms. The zero-order chi connectivity index (χ0) is 10.7. The Kier molecular flexibility index (Phi) is 2.83. The number of hydrogen-bond acceptors (Lipinski definition) is 3. The molecule has 2 aromatic rings. The van der Waals surface area contributed by atoms with Crippen LogP contribution in [0, 0.1) is 0 Å². The second-order valence-electron chi connectivity index (χ2n) is 3.17. The number of hydrogen-bond donors (Lipinski definition) is 2. The molecule has 0 unspecified atom stereocenters.